The van der Waals surface area contributed by atoms with Gasteiger partial charge < -0.3 is 14.6 Å². The van der Waals surface area contributed by atoms with Crippen LogP contribution in [0.1, 0.15) is 42.8 Å². The minimum absolute atomic E-state index is 0.136. The van der Waals surface area contributed by atoms with Gasteiger partial charge in [-0.1, -0.05) is 37.3 Å². The molecule has 0 bridgehead atoms. The second kappa shape index (κ2) is 8.70. The molecule has 0 saturated carbocycles. The normalized spacial score (nSPS) is 15.8. The van der Waals surface area contributed by atoms with Crippen molar-refractivity contribution in [1.82, 2.24) is 9.88 Å². The molecule has 1 saturated heterocycles. The zero-order chi connectivity index (χ0) is 22.9. The van der Waals surface area contributed by atoms with Crippen LogP contribution in [0.15, 0.2) is 65.1 Å². The van der Waals surface area contributed by atoms with Gasteiger partial charge in [0, 0.05) is 12.2 Å². The third-order valence-electron chi connectivity index (χ3n) is 6.33. The number of aromatic nitrogens is 1. The molecule has 1 unspecified atom stereocenters. The van der Waals surface area contributed by atoms with Crippen LogP contribution in [0.25, 0.3) is 22.2 Å². The number of nitrogens with zero attached hydrogens (tertiary/aromatic N) is 2. The Bertz CT molecular complexity index is 1330. The molecule has 6 heteroatoms. The van der Waals surface area contributed by atoms with E-state index in [1.54, 1.807) is 17.9 Å². The lowest BCUT2D eigenvalue weighted by Gasteiger charge is -2.23. The number of halogens is 1. The first-order chi connectivity index (χ1) is 16.0. The number of hydrogen-bond donors (Lipinski definition) is 1. The third kappa shape index (κ3) is 4.09. The summed E-state index contributed by atoms with van der Waals surface area (Å²) in [4.78, 5) is 19.6. The number of rotatable bonds is 4. The Morgan fingerprint density at radius 1 is 1.15 bits per heavy atom. The highest BCUT2D eigenvalue weighted by Crippen LogP contribution is 2.35. The quantitative estimate of drug-likeness (QED) is 0.374. The summed E-state index contributed by atoms with van der Waals surface area (Å²) in [6, 6.07) is 18.4. The maximum Gasteiger partial charge on any atom is 0.322 e. The number of urea groups is 1. The number of carbonyl (C=O) groups excluding carboxylic acids is 1. The summed E-state index contributed by atoms with van der Waals surface area (Å²) in [5.74, 6) is 0.332. The Labute approximate surface area is 192 Å². The van der Waals surface area contributed by atoms with E-state index in [4.69, 9.17) is 9.40 Å². The molecule has 1 aliphatic rings. The fourth-order valence-electron chi connectivity index (χ4n) is 4.50. The highest BCUT2D eigenvalue weighted by molar-refractivity contribution is 5.90. The summed E-state index contributed by atoms with van der Waals surface area (Å²) in [5.41, 5.74) is 5.83. The fourth-order valence-corrected chi connectivity index (χ4v) is 4.50. The number of carbonyl (C=O) groups is 1. The highest BCUT2D eigenvalue weighted by Gasteiger charge is 2.34. The van der Waals surface area contributed by atoms with E-state index in [0.717, 1.165) is 47.2 Å². The van der Waals surface area contributed by atoms with Gasteiger partial charge >= 0.3 is 6.03 Å². The summed E-state index contributed by atoms with van der Waals surface area (Å²) < 4.78 is 19.7. The molecule has 4 aromatic rings. The van der Waals surface area contributed by atoms with Gasteiger partial charge in [0.1, 0.15) is 17.4 Å². The number of benzene rings is 3. The van der Waals surface area contributed by atoms with Gasteiger partial charge in [-0.3, -0.25) is 0 Å². The van der Waals surface area contributed by atoms with Crippen LogP contribution in [-0.4, -0.2) is 22.5 Å². The molecule has 1 atom stereocenters. The molecule has 168 valence electrons. The highest BCUT2D eigenvalue weighted by atomic mass is 19.1. The summed E-state index contributed by atoms with van der Waals surface area (Å²) in [6.45, 7) is 4.48. The average Bonchev–Trinajstić information content (AvgIpc) is 3.47. The molecule has 0 spiro atoms. The second-order valence-corrected chi connectivity index (χ2v) is 8.49. The Morgan fingerprint density at radius 2 is 1.94 bits per heavy atom. The van der Waals surface area contributed by atoms with Crippen LogP contribution in [-0.2, 0) is 6.42 Å². The van der Waals surface area contributed by atoms with Gasteiger partial charge in [0.2, 0.25) is 5.89 Å². The zero-order valence-electron chi connectivity index (χ0n) is 18.8. The number of oxazole rings is 1. The lowest BCUT2D eigenvalue weighted by atomic mass is 10.0. The molecule has 5 nitrogen and oxygen atoms in total. The van der Waals surface area contributed by atoms with Crippen LogP contribution in [0.3, 0.4) is 0 Å². The molecule has 2 amide bonds. The van der Waals surface area contributed by atoms with Crippen LogP contribution < -0.4 is 5.32 Å². The largest absolute Gasteiger partial charge is 0.438 e. The molecular formula is C27H26FN3O2. The molecule has 0 radical (unpaired) electrons. The van der Waals surface area contributed by atoms with Gasteiger partial charge in [-0.25, -0.2) is 14.2 Å². The molecular weight excluding hydrogens is 417 g/mol. The van der Waals surface area contributed by atoms with E-state index in [2.05, 4.69) is 12.2 Å². The molecule has 2 heterocycles. The Balaban J connectivity index is 1.40. The predicted molar refractivity (Wildman–Crippen MR) is 128 cm³/mol. The number of nitrogens with one attached hydrogen (secondary N) is 1. The summed E-state index contributed by atoms with van der Waals surface area (Å²) in [7, 11) is 0. The Morgan fingerprint density at radius 3 is 2.76 bits per heavy atom. The number of likely N-dealkylation sites (tertiary alicyclic amines) is 1. The van der Waals surface area contributed by atoms with E-state index in [-0.39, 0.29) is 17.9 Å². The summed E-state index contributed by atoms with van der Waals surface area (Å²) >= 11 is 0. The van der Waals surface area contributed by atoms with Crippen molar-refractivity contribution in [2.45, 2.75) is 39.2 Å². The lowest BCUT2D eigenvalue weighted by molar-refractivity contribution is 0.199. The molecule has 1 aliphatic heterocycles. The van der Waals surface area contributed by atoms with E-state index < -0.39 is 0 Å². The van der Waals surface area contributed by atoms with E-state index in [9.17, 15) is 9.18 Å². The summed E-state index contributed by atoms with van der Waals surface area (Å²) in [6.07, 6.45) is 2.55. The van der Waals surface area contributed by atoms with Gasteiger partial charge in [0.15, 0.2) is 5.58 Å². The van der Waals surface area contributed by atoms with E-state index >= 15 is 0 Å². The first-order valence-corrected chi connectivity index (χ1v) is 11.4. The van der Waals surface area contributed by atoms with Crippen molar-refractivity contribution in [1.29, 1.82) is 0 Å². The molecule has 1 fully saturated rings. The van der Waals surface area contributed by atoms with E-state index in [1.165, 1.54) is 6.07 Å². The summed E-state index contributed by atoms with van der Waals surface area (Å²) in [5, 5.41) is 3.06. The van der Waals surface area contributed by atoms with Crippen molar-refractivity contribution in [2.75, 3.05) is 11.9 Å². The number of aryl methyl sites for hydroxylation is 2. The monoisotopic (exact) mass is 443 g/mol. The van der Waals surface area contributed by atoms with Crippen LogP contribution in [0.5, 0.6) is 0 Å². The van der Waals surface area contributed by atoms with Crippen LogP contribution in [0.2, 0.25) is 0 Å². The SMILES string of the molecule is CCc1ccccc1NC(=O)N1CCCC1c1nc2cc(-c3ccc(F)c(C)c3)ccc2o1. The van der Waals surface area contributed by atoms with Crippen LogP contribution in [0, 0.1) is 12.7 Å². The number of hydrogen-bond acceptors (Lipinski definition) is 3. The number of fused-ring (bicyclic) bond motifs is 1. The molecule has 0 aliphatic carbocycles. The lowest BCUT2D eigenvalue weighted by Crippen LogP contribution is -2.34. The Hall–Kier alpha value is -3.67. The average molecular weight is 444 g/mol. The van der Waals surface area contributed by atoms with Gasteiger partial charge in [0.05, 0.1) is 0 Å². The van der Waals surface area contributed by atoms with Crippen molar-refractivity contribution in [2.24, 2.45) is 0 Å². The second-order valence-electron chi connectivity index (χ2n) is 8.49. The maximum atomic E-state index is 13.7. The van der Waals surface area contributed by atoms with Crippen LogP contribution >= 0.6 is 0 Å². The topological polar surface area (TPSA) is 58.4 Å². The van der Waals surface area contributed by atoms with E-state index in [1.807, 2.05) is 48.5 Å². The first kappa shape index (κ1) is 21.2. The fraction of sp³-hybridized carbons (Fsp3) is 0.259. The molecule has 33 heavy (non-hydrogen) atoms. The minimum Gasteiger partial charge on any atom is -0.438 e. The van der Waals surface area contributed by atoms with Crippen molar-refractivity contribution in [3.8, 4) is 11.1 Å². The molecule has 1 N–H and O–H groups in total. The number of anilines is 1. The van der Waals surface area contributed by atoms with Gasteiger partial charge in [-0.15, -0.1) is 0 Å². The van der Waals surface area contributed by atoms with Crippen molar-refractivity contribution in [3.05, 3.63) is 83.5 Å². The maximum absolute atomic E-state index is 13.7. The van der Waals surface area contributed by atoms with Gasteiger partial charge in [-0.2, -0.15) is 0 Å². The number of para-hydroxylation sites is 1. The van der Waals surface area contributed by atoms with Crippen molar-refractivity contribution >= 4 is 22.8 Å². The molecule has 1 aromatic heterocycles. The van der Waals surface area contributed by atoms with Crippen LogP contribution in [0.4, 0.5) is 14.9 Å². The predicted octanol–water partition coefficient (Wildman–Crippen LogP) is 6.87. The van der Waals surface area contributed by atoms with Gasteiger partial charge in [0.25, 0.3) is 0 Å². The smallest absolute Gasteiger partial charge is 0.322 e. The molecule has 3 aromatic carbocycles. The van der Waals surface area contributed by atoms with Crippen molar-refractivity contribution in [3.63, 3.8) is 0 Å². The number of amides is 2. The van der Waals surface area contributed by atoms with E-state index in [0.29, 0.717) is 23.6 Å². The minimum atomic E-state index is -0.218. The van der Waals surface area contributed by atoms with Gasteiger partial charge in [-0.05, 0) is 78.8 Å². The Kier molecular flexibility index (Phi) is 5.58. The first-order valence-electron chi connectivity index (χ1n) is 11.4. The molecule has 5 rings (SSSR count). The third-order valence-corrected chi connectivity index (χ3v) is 6.33. The zero-order valence-corrected chi connectivity index (χ0v) is 18.8. The van der Waals surface area contributed by atoms with Crippen molar-refractivity contribution < 1.29 is 13.6 Å². The standard InChI is InChI=1S/C27H26FN3O2/c1-3-18-7-4-5-8-22(18)30-27(32)31-14-6-9-24(31)26-29-23-16-20(11-13-25(23)33-26)19-10-12-21(28)17(2)15-19/h4-5,7-8,10-13,15-16,24H,3,6,9,14H2,1-2H3,(H,30,32).